The molecule has 132 valence electrons. The third-order valence-corrected chi connectivity index (χ3v) is 3.37. The van der Waals surface area contributed by atoms with Gasteiger partial charge in [0.2, 0.25) is 5.89 Å². The lowest BCUT2D eigenvalue weighted by Gasteiger charge is -2.09. The summed E-state index contributed by atoms with van der Waals surface area (Å²) in [5.41, 5.74) is 7.70. The maximum Gasteiger partial charge on any atom is 0.214 e. The molecule has 24 heavy (non-hydrogen) atoms. The SMILES string of the molecule is COc1ccc(CN=C(N)NCc2nc(C)c(C)o2)cc1OC.I. The molecule has 8 heteroatoms. The molecule has 1 aromatic heterocycles. The molecule has 0 atom stereocenters. The van der Waals surface area contributed by atoms with E-state index in [1.165, 1.54) is 0 Å². The van der Waals surface area contributed by atoms with Crippen LogP contribution in [0.25, 0.3) is 0 Å². The quantitative estimate of drug-likeness (QED) is 0.403. The zero-order valence-electron chi connectivity index (χ0n) is 14.3. The number of aryl methyl sites for hydroxylation is 2. The predicted molar refractivity (Wildman–Crippen MR) is 103 cm³/mol. The standard InChI is InChI=1S/C16H22N4O3.HI/c1-10-11(2)23-15(20-10)9-19-16(17)18-8-12-5-6-13(21-3)14(7-12)22-4;/h5-7H,8-9H2,1-4H3,(H3,17,18,19);1H. The van der Waals surface area contributed by atoms with E-state index < -0.39 is 0 Å². The average molecular weight is 446 g/mol. The van der Waals surface area contributed by atoms with Gasteiger partial charge in [0.1, 0.15) is 5.76 Å². The van der Waals surface area contributed by atoms with Crippen LogP contribution in [-0.2, 0) is 13.1 Å². The van der Waals surface area contributed by atoms with Crippen LogP contribution in [0.3, 0.4) is 0 Å². The van der Waals surface area contributed by atoms with E-state index >= 15 is 0 Å². The number of rotatable bonds is 6. The van der Waals surface area contributed by atoms with Gasteiger partial charge in [0.15, 0.2) is 17.5 Å². The van der Waals surface area contributed by atoms with Crippen LogP contribution in [0.4, 0.5) is 0 Å². The predicted octanol–water partition coefficient (Wildman–Crippen LogP) is 2.53. The molecule has 0 fully saturated rings. The van der Waals surface area contributed by atoms with Gasteiger partial charge in [0.25, 0.3) is 0 Å². The monoisotopic (exact) mass is 446 g/mol. The van der Waals surface area contributed by atoms with Gasteiger partial charge < -0.3 is 24.9 Å². The summed E-state index contributed by atoms with van der Waals surface area (Å²) in [5, 5.41) is 2.98. The lowest BCUT2D eigenvalue weighted by Crippen LogP contribution is -2.31. The molecular weight excluding hydrogens is 423 g/mol. The van der Waals surface area contributed by atoms with E-state index in [4.69, 9.17) is 19.6 Å². The smallest absolute Gasteiger partial charge is 0.214 e. The summed E-state index contributed by atoms with van der Waals surface area (Å²) in [6.45, 7) is 4.61. The van der Waals surface area contributed by atoms with Crippen molar-refractivity contribution >= 4 is 29.9 Å². The van der Waals surface area contributed by atoms with Crippen molar-refractivity contribution in [3.8, 4) is 11.5 Å². The molecule has 0 bridgehead atoms. The number of guanidine groups is 1. The summed E-state index contributed by atoms with van der Waals surface area (Å²) in [6.07, 6.45) is 0. The Morgan fingerprint density at radius 2 is 1.96 bits per heavy atom. The third kappa shape index (κ3) is 5.29. The van der Waals surface area contributed by atoms with Crippen molar-refractivity contribution < 1.29 is 13.9 Å². The topological polar surface area (TPSA) is 94.9 Å². The third-order valence-electron chi connectivity index (χ3n) is 3.37. The van der Waals surface area contributed by atoms with Crippen molar-refractivity contribution in [3.63, 3.8) is 0 Å². The minimum Gasteiger partial charge on any atom is -0.493 e. The number of aliphatic imine (C=N–C) groups is 1. The largest absolute Gasteiger partial charge is 0.493 e. The minimum atomic E-state index is 0. The summed E-state index contributed by atoms with van der Waals surface area (Å²) in [6, 6.07) is 5.63. The number of benzene rings is 1. The van der Waals surface area contributed by atoms with Gasteiger partial charge in [-0.1, -0.05) is 6.07 Å². The Kier molecular flexibility index (Phi) is 7.83. The van der Waals surface area contributed by atoms with Gasteiger partial charge in [-0.25, -0.2) is 9.98 Å². The van der Waals surface area contributed by atoms with Gasteiger partial charge in [-0.15, -0.1) is 24.0 Å². The maximum atomic E-state index is 5.85. The van der Waals surface area contributed by atoms with Crippen LogP contribution in [0.5, 0.6) is 11.5 Å². The fourth-order valence-electron chi connectivity index (χ4n) is 1.99. The van der Waals surface area contributed by atoms with E-state index in [1.807, 2.05) is 32.0 Å². The first-order valence-corrected chi connectivity index (χ1v) is 7.21. The first-order chi connectivity index (χ1) is 11.0. The highest BCUT2D eigenvalue weighted by molar-refractivity contribution is 14.0. The zero-order valence-corrected chi connectivity index (χ0v) is 16.6. The van der Waals surface area contributed by atoms with Gasteiger partial charge in [-0.05, 0) is 31.5 Å². The van der Waals surface area contributed by atoms with Crippen molar-refractivity contribution in [1.29, 1.82) is 0 Å². The molecule has 0 radical (unpaired) electrons. The number of methoxy groups -OCH3 is 2. The molecule has 0 aliphatic heterocycles. The summed E-state index contributed by atoms with van der Waals surface area (Å²) >= 11 is 0. The highest BCUT2D eigenvalue weighted by Crippen LogP contribution is 2.27. The Bertz CT molecular complexity index is 681. The van der Waals surface area contributed by atoms with Crippen LogP contribution < -0.4 is 20.5 Å². The molecule has 0 aliphatic carbocycles. The number of nitrogens with two attached hydrogens (primary N) is 1. The number of ether oxygens (including phenoxy) is 2. The molecule has 0 amide bonds. The Morgan fingerprint density at radius 3 is 2.54 bits per heavy atom. The minimum absolute atomic E-state index is 0. The fourth-order valence-corrected chi connectivity index (χ4v) is 1.99. The first-order valence-electron chi connectivity index (χ1n) is 7.21. The first kappa shape index (κ1) is 20.1. The van der Waals surface area contributed by atoms with Crippen LogP contribution in [0.1, 0.15) is 22.9 Å². The van der Waals surface area contributed by atoms with Crippen LogP contribution in [0.2, 0.25) is 0 Å². The Balaban J connectivity index is 0.00000288. The van der Waals surface area contributed by atoms with E-state index in [2.05, 4.69) is 15.3 Å². The normalized spacial score (nSPS) is 10.9. The summed E-state index contributed by atoms with van der Waals surface area (Å²) < 4.78 is 15.9. The molecule has 0 saturated carbocycles. The summed E-state index contributed by atoms with van der Waals surface area (Å²) in [5.74, 6) is 3.07. The van der Waals surface area contributed by atoms with Crippen molar-refractivity contribution in [1.82, 2.24) is 10.3 Å². The van der Waals surface area contributed by atoms with Gasteiger partial charge in [0, 0.05) is 0 Å². The molecule has 7 nitrogen and oxygen atoms in total. The molecule has 1 heterocycles. The van der Waals surface area contributed by atoms with Crippen molar-refractivity contribution in [2.75, 3.05) is 14.2 Å². The molecule has 2 aromatic rings. The van der Waals surface area contributed by atoms with Crippen molar-refractivity contribution in [3.05, 3.63) is 41.1 Å². The number of nitrogens with zero attached hydrogens (tertiary/aromatic N) is 2. The molecule has 0 saturated heterocycles. The highest BCUT2D eigenvalue weighted by atomic mass is 127. The van der Waals surface area contributed by atoms with E-state index in [0.717, 1.165) is 17.0 Å². The van der Waals surface area contributed by atoms with E-state index in [-0.39, 0.29) is 24.0 Å². The van der Waals surface area contributed by atoms with Crippen LogP contribution >= 0.6 is 24.0 Å². The number of hydrogen-bond donors (Lipinski definition) is 2. The molecule has 1 aromatic carbocycles. The van der Waals surface area contributed by atoms with Gasteiger partial charge in [-0.3, -0.25) is 0 Å². The Labute approximate surface area is 158 Å². The van der Waals surface area contributed by atoms with Gasteiger partial charge in [-0.2, -0.15) is 0 Å². The van der Waals surface area contributed by atoms with E-state index in [0.29, 0.717) is 36.4 Å². The Hall–Kier alpha value is -1.97. The average Bonchev–Trinajstić information content (AvgIpc) is 2.88. The second-order valence-corrected chi connectivity index (χ2v) is 4.99. The van der Waals surface area contributed by atoms with E-state index in [1.54, 1.807) is 14.2 Å². The maximum absolute atomic E-state index is 5.85. The molecule has 0 spiro atoms. The van der Waals surface area contributed by atoms with Gasteiger partial charge in [0.05, 0.1) is 33.0 Å². The van der Waals surface area contributed by atoms with Crippen molar-refractivity contribution in [2.24, 2.45) is 10.7 Å². The molecule has 3 N–H and O–H groups in total. The number of hydrogen-bond acceptors (Lipinski definition) is 5. The Morgan fingerprint density at radius 1 is 1.25 bits per heavy atom. The molecule has 0 unspecified atom stereocenters. The lowest BCUT2D eigenvalue weighted by atomic mass is 10.2. The highest BCUT2D eigenvalue weighted by Gasteiger charge is 2.06. The fraction of sp³-hybridized carbons (Fsp3) is 0.375. The second-order valence-electron chi connectivity index (χ2n) is 4.99. The molecule has 0 aliphatic rings. The summed E-state index contributed by atoms with van der Waals surface area (Å²) in [4.78, 5) is 8.56. The second kappa shape index (κ2) is 9.36. The van der Waals surface area contributed by atoms with Crippen molar-refractivity contribution in [2.45, 2.75) is 26.9 Å². The zero-order chi connectivity index (χ0) is 16.8. The number of aromatic nitrogens is 1. The van der Waals surface area contributed by atoms with Gasteiger partial charge >= 0.3 is 0 Å². The number of oxazole rings is 1. The summed E-state index contributed by atoms with van der Waals surface area (Å²) in [7, 11) is 3.20. The molecular formula is C16H23IN4O3. The van der Waals surface area contributed by atoms with Crippen LogP contribution in [0, 0.1) is 13.8 Å². The number of nitrogens with one attached hydrogen (secondary N) is 1. The van der Waals surface area contributed by atoms with Crippen LogP contribution in [0.15, 0.2) is 27.6 Å². The van der Waals surface area contributed by atoms with Crippen LogP contribution in [-0.4, -0.2) is 25.2 Å². The number of halogens is 1. The lowest BCUT2D eigenvalue weighted by molar-refractivity contribution is 0.354. The van der Waals surface area contributed by atoms with E-state index in [9.17, 15) is 0 Å². The molecule has 2 rings (SSSR count).